The van der Waals surface area contributed by atoms with Gasteiger partial charge < -0.3 is 4.90 Å². The first-order chi connectivity index (χ1) is 10.5. The Morgan fingerprint density at radius 1 is 1.09 bits per heavy atom. The van der Waals surface area contributed by atoms with Crippen molar-refractivity contribution in [2.24, 2.45) is 5.41 Å². The number of anilines is 1. The third kappa shape index (κ3) is 2.33. The molecule has 1 unspecified atom stereocenters. The molecule has 0 aromatic heterocycles. The Kier molecular flexibility index (Phi) is 3.57. The second kappa shape index (κ2) is 5.41. The summed E-state index contributed by atoms with van der Waals surface area (Å²) in [6, 6.07) is 17.7. The van der Waals surface area contributed by atoms with Crippen LogP contribution in [0, 0.1) is 5.41 Å². The third-order valence-corrected chi connectivity index (χ3v) is 4.50. The van der Waals surface area contributed by atoms with Crippen molar-refractivity contribution < 1.29 is 9.59 Å². The summed E-state index contributed by atoms with van der Waals surface area (Å²) in [5.74, 6) is -0.187. The fraction of sp³-hybridized carbons (Fsp3) is 0.263. The number of ketones is 1. The lowest BCUT2D eigenvalue weighted by Gasteiger charge is -2.39. The maximum absolute atomic E-state index is 13.0. The molecule has 0 saturated carbocycles. The molecule has 0 radical (unpaired) electrons. The summed E-state index contributed by atoms with van der Waals surface area (Å²) in [4.78, 5) is 26.8. The van der Waals surface area contributed by atoms with Crippen LogP contribution < -0.4 is 4.90 Å². The van der Waals surface area contributed by atoms with Gasteiger partial charge in [0.15, 0.2) is 0 Å². The minimum Gasteiger partial charge on any atom is -0.307 e. The van der Waals surface area contributed by atoms with Crippen molar-refractivity contribution in [3.63, 3.8) is 0 Å². The number of benzene rings is 2. The van der Waals surface area contributed by atoms with Gasteiger partial charge in [0.2, 0.25) is 5.91 Å². The van der Waals surface area contributed by atoms with Crippen LogP contribution in [0.5, 0.6) is 0 Å². The van der Waals surface area contributed by atoms with Crippen LogP contribution in [0.15, 0.2) is 54.6 Å². The molecule has 0 aliphatic carbocycles. The van der Waals surface area contributed by atoms with Crippen LogP contribution >= 0.6 is 0 Å². The highest BCUT2D eigenvalue weighted by molar-refractivity contribution is 6.13. The topological polar surface area (TPSA) is 37.4 Å². The lowest BCUT2D eigenvalue weighted by Crippen LogP contribution is -2.50. The van der Waals surface area contributed by atoms with Crippen molar-refractivity contribution in [3.05, 3.63) is 65.7 Å². The van der Waals surface area contributed by atoms with Gasteiger partial charge in [-0.05, 0) is 37.5 Å². The zero-order chi connectivity index (χ0) is 15.7. The van der Waals surface area contributed by atoms with E-state index in [9.17, 15) is 9.59 Å². The summed E-state index contributed by atoms with van der Waals surface area (Å²) in [5.41, 5.74) is 2.05. The van der Waals surface area contributed by atoms with Crippen molar-refractivity contribution in [2.75, 3.05) is 4.90 Å². The molecule has 0 bridgehead atoms. The summed E-state index contributed by atoms with van der Waals surface area (Å²) in [6.07, 6.45) is 0.475. The monoisotopic (exact) mass is 293 g/mol. The number of para-hydroxylation sites is 1. The molecule has 3 rings (SSSR count). The molecule has 0 fully saturated rings. The Morgan fingerprint density at radius 3 is 2.41 bits per heavy atom. The summed E-state index contributed by atoms with van der Waals surface area (Å²) in [5, 5.41) is 0. The van der Waals surface area contributed by atoms with E-state index in [-0.39, 0.29) is 11.7 Å². The average Bonchev–Trinajstić information content (AvgIpc) is 2.52. The van der Waals surface area contributed by atoms with Crippen LogP contribution in [0.1, 0.15) is 25.0 Å². The van der Waals surface area contributed by atoms with Crippen LogP contribution in [0.2, 0.25) is 0 Å². The van der Waals surface area contributed by atoms with Crippen LogP contribution in [0.4, 0.5) is 5.69 Å². The third-order valence-electron chi connectivity index (χ3n) is 4.50. The number of rotatable bonds is 3. The van der Waals surface area contributed by atoms with Crippen molar-refractivity contribution >= 4 is 17.4 Å². The molecule has 1 atom stereocenters. The van der Waals surface area contributed by atoms with Crippen molar-refractivity contribution in [1.29, 1.82) is 0 Å². The number of fused-ring (bicyclic) bond motifs is 1. The summed E-state index contributed by atoms with van der Waals surface area (Å²) in [6.45, 7) is 3.75. The molecular weight excluding hydrogens is 274 g/mol. The van der Waals surface area contributed by atoms with Crippen LogP contribution in [0.3, 0.4) is 0 Å². The molecule has 1 amide bonds. The van der Waals surface area contributed by atoms with E-state index in [0.29, 0.717) is 13.0 Å². The Bertz CT molecular complexity index is 723. The zero-order valence-corrected chi connectivity index (χ0v) is 12.9. The average molecular weight is 293 g/mol. The maximum Gasteiger partial charge on any atom is 0.241 e. The lowest BCUT2D eigenvalue weighted by molar-refractivity contribution is -0.138. The number of amides is 1. The molecule has 22 heavy (non-hydrogen) atoms. The molecule has 3 nitrogen and oxygen atoms in total. The number of hydrogen-bond acceptors (Lipinski definition) is 2. The van der Waals surface area contributed by atoms with Crippen LogP contribution in [0.25, 0.3) is 0 Å². The highest BCUT2D eigenvalue weighted by atomic mass is 16.2. The van der Waals surface area contributed by atoms with Crippen molar-refractivity contribution in [3.8, 4) is 0 Å². The predicted molar refractivity (Wildman–Crippen MR) is 86.6 cm³/mol. The second-order valence-corrected chi connectivity index (χ2v) is 6.07. The Hall–Kier alpha value is -2.42. The number of nitrogens with zero attached hydrogens (tertiary/aromatic N) is 1. The van der Waals surface area contributed by atoms with Crippen molar-refractivity contribution in [1.82, 2.24) is 0 Å². The number of hydrogen-bond donors (Lipinski definition) is 0. The first-order valence-corrected chi connectivity index (χ1v) is 7.47. The molecule has 112 valence electrons. The fourth-order valence-corrected chi connectivity index (χ4v) is 2.99. The predicted octanol–water partition coefficient (Wildman–Crippen LogP) is 3.37. The molecule has 2 aromatic carbocycles. The van der Waals surface area contributed by atoms with E-state index in [0.717, 1.165) is 16.8 Å². The lowest BCUT2D eigenvalue weighted by atomic mass is 9.75. The summed E-state index contributed by atoms with van der Waals surface area (Å²) >= 11 is 0. The van der Waals surface area contributed by atoms with E-state index < -0.39 is 5.41 Å². The number of carbonyl (C=O) groups is 2. The Balaban J connectivity index is 2.06. The normalized spacial score (nSPS) is 20.6. The van der Waals surface area contributed by atoms with Gasteiger partial charge in [0.25, 0.3) is 0 Å². The zero-order valence-electron chi connectivity index (χ0n) is 12.9. The minimum absolute atomic E-state index is 0.0786. The molecule has 0 spiro atoms. The van der Waals surface area contributed by atoms with Gasteiger partial charge >= 0.3 is 0 Å². The van der Waals surface area contributed by atoms with Gasteiger partial charge in [-0.15, -0.1) is 0 Å². The first kappa shape index (κ1) is 14.5. The van der Waals surface area contributed by atoms with Gasteiger partial charge in [0.05, 0.1) is 6.54 Å². The minimum atomic E-state index is -0.969. The molecular formula is C19H19NO2. The quantitative estimate of drug-likeness (QED) is 0.814. The number of carbonyl (C=O) groups excluding carboxylic acids is 2. The maximum atomic E-state index is 13.0. The molecule has 0 N–H and O–H groups in total. The molecule has 3 heteroatoms. The summed E-state index contributed by atoms with van der Waals surface area (Å²) in [7, 11) is 0. The molecule has 1 heterocycles. The van der Waals surface area contributed by atoms with E-state index in [2.05, 4.69) is 0 Å². The van der Waals surface area contributed by atoms with Gasteiger partial charge in [0.1, 0.15) is 11.2 Å². The molecule has 1 aliphatic rings. The molecule has 1 aliphatic heterocycles. The van der Waals surface area contributed by atoms with Gasteiger partial charge in [-0.2, -0.15) is 0 Å². The van der Waals surface area contributed by atoms with E-state index in [1.54, 1.807) is 11.8 Å². The van der Waals surface area contributed by atoms with E-state index in [1.165, 1.54) is 6.92 Å². The molecule has 2 aromatic rings. The van der Waals surface area contributed by atoms with Crippen molar-refractivity contribution in [2.45, 2.75) is 26.8 Å². The smallest absolute Gasteiger partial charge is 0.241 e. The standard InChI is InChI=1S/C19H19NO2/c1-14(21)19(2)12-16-10-6-7-11-17(16)20(18(19)22)13-15-8-4-3-5-9-15/h3-11H,12-13H2,1-2H3. The van der Waals surface area contributed by atoms with E-state index in [1.807, 2.05) is 54.6 Å². The fourth-order valence-electron chi connectivity index (χ4n) is 2.99. The highest BCUT2D eigenvalue weighted by Gasteiger charge is 2.45. The first-order valence-electron chi connectivity index (χ1n) is 7.47. The van der Waals surface area contributed by atoms with Gasteiger partial charge in [-0.1, -0.05) is 48.5 Å². The van der Waals surface area contributed by atoms with E-state index >= 15 is 0 Å². The number of Topliss-reactive ketones (excluding diaryl/α,β-unsaturated/α-hetero) is 1. The molecule has 0 saturated heterocycles. The SMILES string of the molecule is CC(=O)C1(C)Cc2ccccc2N(Cc2ccccc2)C1=O. The largest absolute Gasteiger partial charge is 0.307 e. The van der Waals surface area contributed by atoms with Crippen LogP contribution in [-0.4, -0.2) is 11.7 Å². The summed E-state index contributed by atoms with van der Waals surface area (Å²) < 4.78 is 0. The van der Waals surface area contributed by atoms with Crippen LogP contribution in [-0.2, 0) is 22.6 Å². The van der Waals surface area contributed by atoms with E-state index in [4.69, 9.17) is 0 Å². The highest BCUT2D eigenvalue weighted by Crippen LogP contribution is 2.38. The Labute approximate surface area is 130 Å². The van der Waals surface area contributed by atoms with Gasteiger partial charge in [-0.25, -0.2) is 0 Å². The second-order valence-electron chi connectivity index (χ2n) is 6.07. The van der Waals surface area contributed by atoms with Gasteiger partial charge in [0, 0.05) is 5.69 Å². The van der Waals surface area contributed by atoms with Gasteiger partial charge in [-0.3, -0.25) is 9.59 Å². The Morgan fingerprint density at radius 2 is 1.73 bits per heavy atom.